The highest BCUT2D eigenvalue weighted by Crippen LogP contribution is 2.25. The fourth-order valence-electron chi connectivity index (χ4n) is 3.42. The summed E-state index contributed by atoms with van der Waals surface area (Å²) in [7, 11) is -4.02. The molecular weight excluding hydrogens is 540 g/mol. The van der Waals surface area contributed by atoms with Crippen LogP contribution in [0.25, 0.3) is 17.2 Å². The van der Waals surface area contributed by atoms with Crippen LogP contribution in [-0.2, 0) is 16.6 Å². The van der Waals surface area contributed by atoms with Gasteiger partial charge in [0, 0.05) is 9.50 Å². The Morgan fingerprint density at radius 3 is 2.56 bits per heavy atom. The number of aromatic nitrogens is 3. The van der Waals surface area contributed by atoms with Gasteiger partial charge in [-0.1, -0.05) is 63.9 Å². The predicted molar refractivity (Wildman–Crippen MR) is 137 cm³/mol. The highest BCUT2D eigenvalue weighted by molar-refractivity contribution is 9.10. The highest BCUT2D eigenvalue weighted by atomic mass is 79.9. The Bertz CT molecular complexity index is 1530. The van der Waals surface area contributed by atoms with Crippen molar-refractivity contribution < 1.29 is 13.2 Å². The van der Waals surface area contributed by atoms with Gasteiger partial charge in [-0.2, -0.15) is 0 Å². The van der Waals surface area contributed by atoms with Crippen molar-refractivity contribution in [3.63, 3.8) is 0 Å². The molecular formula is C24H20BrClN4O3S. The van der Waals surface area contributed by atoms with Crippen LogP contribution < -0.4 is 4.72 Å². The maximum Gasteiger partial charge on any atom is 0.283 e. The van der Waals surface area contributed by atoms with Crippen LogP contribution in [0.3, 0.4) is 0 Å². The molecule has 0 saturated carbocycles. The van der Waals surface area contributed by atoms with E-state index < -0.39 is 15.9 Å². The first-order valence-electron chi connectivity index (χ1n) is 10.2. The van der Waals surface area contributed by atoms with Gasteiger partial charge in [0.1, 0.15) is 17.0 Å². The van der Waals surface area contributed by atoms with E-state index in [1.165, 1.54) is 12.1 Å². The van der Waals surface area contributed by atoms with Crippen LogP contribution >= 0.6 is 27.5 Å². The van der Waals surface area contributed by atoms with Gasteiger partial charge >= 0.3 is 0 Å². The summed E-state index contributed by atoms with van der Waals surface area (Å²) in [6, 6.07) is 16.0. The van der Waals surface area contributed by atoms with Crippen LogP contribution in [0.15, 0.2) is 64.5 Å². The summed E-state index contributed by atoms with van der Waals surface area (Å²) in [5.74, 6) is -0.129. The number of sulfonamides is 1. The number of hydrogen-bond donors (Lipinski definition) is 1. The van der Waals surface area contributed by atoms with E-state index in [1.54, 1.807) is 37.3 Å². The second kappa shape index (κ2) is 9.69. The third kappa shape index (κ3) is 5.38. The summed E-state index contributed by atoms with van der Waals surface area (Å²) in [5.41, 5.74) is 3.34. The number of hydrogen-bond acceptors (Lipinski definition) is 5. The van der Waals surface area contributed by atoms with Gasteiger partial charge in [-0.15, -0.1) is 0 Å². The Balaban J connectivity index is 1.65. The molecule has 34 heavy (non-hydrogen) atoms. The second-order valence-electron chi connectivity index (χ2n) is 7.67. The van der Waals surface area contributed by atoms with Crippen molar-refractivity contribution in [1.29, 1.82) is 0 Å². The molecule has 0 atom stereocenters. The maximum atomic E-state index is 12.8. The lowest BCUT2D eigenvalue weighted by atomic mass is 10.2. The number of amides is 1. The number of aryl methyl sites for hydroxylation is 2. The molecule has 7 nitrogen and oxygen atoms in total. The maximum absolute atomic E-state index is 12.8. The Morgan fingerprint density at radius 2 is 1.85 bits per heavy atom. The van der Waals surface area contributed by atoms with Gasteiger partial charge in [0.15, 0.2) is 5.65 Å². The van der Waals surface area contributed by atoms with Crippen molar-refractivity contribution in [2.24, 2.45) is 0 Å². The van der Waals surface area contributed by atoms with Crippen LogP contribution in [0.2, 0.25) is 5.02 Å². The van der Waals surface area contributed by atoms with E-state index in [1.807, 2.05) is 29.7 Å². The van der Waals surface area contributed by atoms with Crippen LogP contribution in [0, 0.1) is 13.8 Å². The molecule has 1 N–H and O–H groups in total. The standard InChI is InChI=1S/C24H20BrClN4O3S/c1-15-12-21(24(31)29-34(32,33)11-10-17-6-4-3-5-7-17)28-23-22(15)27-16(2)30(23)14-18-8-9-19(25)13-20(18)26/h3-13H,14H2,1-2H3,(H,29,31)/b11-10+. The average Bonchev–Trinajstić information content (AvgIpc) is 3.10. The topological polar surface area (TPSA) is 93.9 Å². The Morgan fingerprint density at radius 1 is 1.12 bits per heavy atom. The molecule has 0 radical (unpaired) electrons. The van der Waals surface area contributed by atoms with Gasteiger partial charge in [-0.25, -0.2) is 23.1 Å². The predicted octanol–water partition coefficient (Wildman–Crippen LogP) is 5.24. The summed E-state index contributed by atoms with van der Waals surface area (Å²) >= 11 is 9.79. The summed E-state index contributed by atoms with van der Waals surface area (Å²) < 4.78 is 29.6. The zero-order valence-corrected chi connectivity index (χ0v) is 21.4. The van der Waals surface area contributed by atoms with Gasteiger partial charge in [-0.3, -0.25) is 4.79 Å². The number of imidazole rings is 1. The molecule has 0 spiro atoms. The molecule has 0 saturated heterocycles. The van der Waals surface area contributed by atoms with Crippen molar-refractivity contribution in [3.8, 4) is 0 Å². The number of carbonyl (C=O) groups is 1. The lowest BCUT2D eigenvalue weighted by molar-refractivity contribution is 0.0977. The SMILES string of the molecule is Cc1cc(C(=O)NS(=O)(=O)/C=C/c2ccccc2)nc2c1nc(C)n2Cc1ccc(Br)cc1Cl. The Hall–Kier alpha value is -3.01. The molecule has 10 heteroatoms. The van der Waals surface area contributed by atoms with Gasteiger partial charge < -0.3 is 4.57 Å². The Labute approximate surface area is 210 Å². The summed E-state index contributed by atoms with van der Waals surface area (Å²) in [4.78, 5) is 21.8. The molecule has 1 amide bonds. The van der Waals surface area contributed by atoms with Crippen molar-refractivity contribution in [3.05, 3.63) is 97.7 Å². The minimum absolute atomic E-state index is 0.0234. The third-order valence-corrected chi connectivity index (χ3v) is 6.94. The molecule has 0 aliphatic heterocycles. The zero-order chi connectivity index (χ0) is 24.5. The van der Waals surface area contributed by atoms with Gasteiger partial charge in [0.25, 0.3) is 15.9 Å². The number of nitrogens with one attached hydrogen (secondary N) is 1. The molecule has 2 aromatic carbocycles. The van der Waals surface area contributed by atoms with Crippen molar-refractivity contribution in [2.75, 3.05) is 0 Å². The van der Waals surface area contributed by atoms with Crippen molar-refractivity contribution >= 4 is 60.7 Å². The van der Waals surface area contributed by atoms with E-state index >= 15 is 0 Å². The minimum Gasteiger partial charge on any atom is -0.308 e. The fraction of sp³-hybridized carbons (Fsp3) is 0.125. The molecule has 0 aliphatic rings. The molecule has 0 aliphatic carbocycles. The first kappa shape index (κ1) is 24.1. The summed E-state index contributed by atoms with van der Waals surface area (Å²) in [5, 5.41) is 1.53. The highest BCUT2D eigenvalue weighted by Gasteiger charge is 2.19. The fourth-order valence-corrected chi connectivity index (χ4v) is 4.93. The molecule has 2 heterocycles. The number of nitrogens with zero attached hydrogens (tertiary/aromatic N) is 3. The van der Waals surface area contributed by atoms with E-state index in [0.29, 0.717) is 39.7 Å². The van der Waals surface area contributed by atoms with E-state index in [-0.39, 0.29) is 5.69 Å². The van der Waals surface area contributed by atoms with Crippen molar-refractivity contribution in [1.82, 2.24) is 19.3 Å². The number of carbonyl (C=O) groups excluding carboxylic acids is 1. The number of pyridine rings is 1. The minimum atomic E-state index is -4.02. The van der Waals surface area contributed by atoms with E-state index in [2.05, 4.69) is 30.6 Å². The second-order valence-corrected chi connectivity index (χ2v) is 10.6. The molecule has 4 aromatic rings. The van der Waals surface area contributed by atoms with E-state index in [4.69, 9.17) is 11.6 Å². The van der Waals surface area contributed by atoms with Crippen molar-refractivity contribution in [2.45, 2.75) is 20.4 Å². The first-order valence-corrected chi connectivity index (χ1v) is 12.9. The molecule has 0 bridgehead atoms. The average molecular weight is 560 g/mol. The molecule has 2 aromatic heterocycles. The van der Waals surface area contributed by atoms with Gasteiger partial charge in [0.2, 0.25) is 0 Å². The van der Waals surface area contributed by atoms with E-state index in [9.17, 15) is 13.2 Å². The summed E-state index contributed by atoms with van der Waals surface area (Å²) in [6.45, 7) is 4.03. The number of fused-ring (bicyclic) bond motifs is 1. The molecule has 174 valence electrons. The number of benzene rings is 2. The Kier molecular flexibility index (Phi) is 6.88. The third-order valence-electron chi connectivity index (χ3n) is 5.14. The number of rotatable bonds is 6. The monoisotopic (exact) mass is 558 g/mol. The number of halogens is 2. The van der Waals surface area contributed by atoms with Crippen LogP contribution in [0.4, 0.5) is 0 Å². The quantitative estimate of drug-likeness (QED) is 0.349. The van der Waals surface area contributed by atoms with Gasteiger partial charge in [-0.05, 0) is 54.8 Å². The lowest BCUT2D eigenvalue weighted by Crippen LogP contribution is -2.29. The van der Waals surface area contributed by atoms with E-state index in [0.717, 1.165) is 15.4 Å². The van der Waals surface area contributed by atoms with Crippen LogP contribution in [-0.4, -0.2) is 28.9 Å². The van der Waals surface area contributed by atoms with Gasteiger partial charge in [0.05, 0.1) is 12.0 Å². The van der Waals surface area contributed by atoms with Crippen LogP contribution in [0.1, 0.15) is 33.0 Å². The first-order chi connectivity index (χ1) is 16.1. The summed E-state index contributed by atoms with van der Waals surface area (Å²) in [6.07, 6.45) is 1.41. The zero-order valence-electron chi connectivity index (χ0n) is 18.3. The lowest BCUT2D eigenvalue weighted by Gasteiger charge is -2.10. The largest absolute Gasteiger partial charge is 0.308 e. The molecule has 0 fully saturated rings. The normalized spacial score (nSPS) is 11.9. The van der Waals surface area contributed by atoms with Crippen LogP contribution in [0.5, 0.6) is 0 Å². The molecule has 4 rings (SSSR count). The smallest absolute Gasteiger partial charge is 0.283 e. The molecule has 0 unspecified atom stereocenters.